The highest BCUT2D eigenvalue weighted by atomic mass is 16.6. The quantitative estimate of drug-likeness (QED) is 0.636. The average Bonchev–Trinajstić information content (AvgIpc) is 2.39. The van der Waals surface area contributed by atoms with E-state index in [0.29, 0.717) is 6.54 Å². The highest BCUT2D eigenvalue weighted by Crippen LogP contribution is 2.11. The molecule has 19 heavy (non-hydrogen) atoms. The van der Waals surface area contributed by atoms with E-state index < -0.39 is 0 Å². The lowest BCUT2D eigenvalue weighted by Crippen LogP contribution is -2.44. The molecule has 1 unspecified atom stereocenters. The monoisotopic (exact) mass is 265 g/mol. The highest BCUT2D eigenvalue weighted by molar-refractivity contribution is 5.32. The zero-order valence-electron chi connectivity index (χ0n) is 11.0. The van der Waals surface area contributed by atoms with Crippen LogP contribution in [0.5, 0.6) is 0 Å². The SMILES string of the molecule is CN1CCOC(CNCc2ccc([N+](=O)[O-])cc2)C1. The van der Waals surface area contributed by atoms with Crippen LogP contribution in [0.2, 0.25) is 0 Å². The van der Waals surface area contributed by atoms with E-state index in [4.69, 9.17) is 4.74 Å². The number of hydrogen-bond donors (Lipinski definition) is 1. The molecule has 1 aromatic carbocycles. The molecule has 6 heteroatoms. The Balaban J connectivity index is 1.74. The first kappa shape index (κ1) is 13.9. The summed E-state index contributed by atoms with van der Waals surface area (Å²) in [6.07, 6.45) is 0.219. The normalized spacial score (nSPS) is 20.4. The maximum atomic E-state index is 10.5. The molecule has 1 aromatic rings. The standard InChI is InChI=1S/C13H19N3O3/c1-15-6-7-19-13(10-15)9-14-8-11-2-4-12(5-3-11)16(17)18/h2-5,13-14H,6-10H2,1H3. The fraction of sp³-hybridized carbons (Fsp3) is 0.538. The number of nitro benzene ring substituents is 1. The van der Waals surface area contributed by atoms with Gasteiger partial charge in [0, 0.05) is 38.3 Å². The lowest BCUT2D eigenvalue weighted by molar-refractivity contribution is -0.384. The summed E-state index contributed by atoms with van der Waals surface area (Å²) in [5, 5.41) is 13.9. The summed E-state index contributed by atoms with van der Waals surface area (Å²) in [5.41, 5.74) is 1.16. The van der Waals surface area contributed by atoms with Crippen LogP contribution in [0.25, 0.3) is 0 Å². The molecule has 6 nitrogen and oxygen atoms in total. The van der Waals surface area contributed by atoms with Crippen molar-refractivity contribution in [3.8, 4) is 0 Å². The third-order valence-corrected chi connectivity index (χ3v) is 3.19. The highest BCUT2D eigenvalue weighted by Gasteiger charge is 2.16. The molecule has 0 amide bonds. The van der Waals surface area contributed by atoms with E-state index in [1.165, 1.54) is 12.1 Å². The van der Waals surface area contributed by atoms with Crippen LogP contribution in [0.15, 0.2) is 24.3 Å². The van der Waals surface area contributed by atoms with Gasteiger partial charge in [-0.1, -0.05) is 12.1 Å². The number of ether oxygens (including phenoxy) is 1. The molecule has 1 fully saturated rings. The summed E-state index contributed by atoms with van der Waals surface area (Å²) in [4.78, 5) is 12.4. The van der Waals surface area contributed by atoms with E-state index in [2.05, 4.69) is 17.3 Å². The molecule has 1 aliphatic heterocycles. The van der Waals surface area contributed by atoms with Gasteiger partial charge in [-0.15, -0.1) is 0 Å². The van der Waals surface area contributed by atoms with E-state index in [0.717, 1.165) is 31.8 Å². The third-order valence-electron chi connectivity index (χ3n) is 3.19. The summed E-state index contributed by atoms with van der Waals surface area (Å²) < 4.78 is 5.64. The Morgan fingerprint density at radius 3 is 2.84 bits per heavy atom. The topological polar surface area (TPSA) is 67.6 Å². The number of non-ortho nitro benzene ring substituents is 1. The number of hydrogen-bond acceptors (Lipinski definition) is 5. The number of morpholine rings is 1. The Morgan fingerprint density at radius 1 is 1.47 bits per heavy atom. The summed E-state index contributed by atoms with van der Waals surface area (Å²) in [7, 11) is 2.09. The Morgan fingerprint density at radius 2 is 2.21 bits per heavy atom. The van der Waals surface area contributed by atoms with Gasteiger partial charge in [-0.05, 0) is 12.6 Å². The van der Waals surface area contributed by atoms with Crippen LogP contribution in [0.4, 0.5) is 5.69 Å². The zero-order valence-corrected chi connectivity index (χ0v) is 11.0. The first-order chi connectivity index (χ1) is 9.15. The van der Waals surface area contributed by atoms with Crippen molar-refractivity contribution >= 4 is 5.69 Å². The first-order valence-electron chi connectivity index (χ1n) is 6.39. The van der Waals surface area contributed by atoms with Gasteiger partial charge in [0.2, 0.25) is 0 Å². The Kier molecular flexibility index (Phi) is 4.84. The van der Waals surface area contributed by atoms with Crippen molar-refractivity contribution in [1.29, 1.82) is 0 Å². The van der Waals surface area contributed by atoms with Crippen LogP contribution in [0.3, 0.4) is 0 Å². The Labute approximate surface area is 112 Å². The van der Waals surface area contributed by atoms with Gasteiger partial charge >= 0.3 is 0 Å². The molecular formula is C13H19N3O3. The van der Waals surface area contributed by atoms with Crippen molar-refractivity contribution in [1.82, 2.24) is 10.2 Å². The van der Waals surface area contributed by atoms with Crippen LogP contribution in [0, 0.1) is 10.1 Å². The molecule has 1 heterocycles. The number of likely N-dealkylation sites (N-methyl/N-ethyl adjacent to an activating group) is 1. The molecule has 0 aliphatic carbocycles. The molecule has 1 saturated heterocycles. The van der Waals surface area contributed by atoms with E-state index in [9.17, 15) is 10.1 Å². The van der Waals surface area contributed by atoms with Gasteiger partial charge in [-0.25, -0.2) is 0 Å². The van der Waals surface area contributed by atoms with Crippen LogP contribution < -0.4 is 5.32 Å². The second kappa shape index (κ2) is 6.60. The van der Waals surface area contributed by atoms with Gasteiger partial charge in [-0.3, -0.25) is 10.1 Å². The first-order valence-corrected chi connectivity index (χ1v) is 6.39. The number of nitrogens with zero attached hydrogens (tertiary/aromatic N) is 2. The van der Waals surface area contributed by atoms with E-state index in [1.54, 1.807) is 12.1 Å². The van der Waals surface area contributed by atoms with E-state index >= 15 is 0 Å². The molecule has 1 atom stereocenters. The molecule has 0 aromatic heterocycles. The largest absolute Gasteiger partial charge is 0.374 e. The zero-order chi connectivity index (χ0) is 13.7. The Bertz CT molecular complexity index is 422. The molecule has 0 bridgehead atoms. The number of nitrogens with one attached hydrogen (secondary N) is 1. The summed E-state index contributed by atoms with van der Waals surface area (Å²) in [5.74, 6) is 0. The average molecular weight is 265 g/mol. The molecule has 104 valence electrons. The van der Waals surface area contributed by atoms with Crippen molar-refractivity contribution in [3.05, 3.63) is 39.9 Å². The van der Waals surface area contributed by atoms with Gasteiger partial charge in [-0.2, -0.15) is 0 Å². The predicted octanol–water partition coefficient (Wildman–Crippen LogP) is 1.01. The van der Waals surface area contributed by atoms with Gasteiger partial charge < -0.3 is 15.0 Å². The lowest BCUT2D eigenvalue weighted by Gasteiger charge is -2.30. The van der Waals surface area contributed by atoms with Crippen molar-refractivity contribution in [2.75, 3.05) is 33.3 Å². The van der Waals surface area contributed by atoms with Crippen LogP contribution in [-0.4, -0.2) is 49.2 Å². The Hall–Kier alpha value is -1.50. The van der Waals surface area contributed by atoms with Gasteiger partial charge in [0.15, 0.2) is 0 Å². The predicted molar refractivity (Wildman–Crippen MR) is 72.0 cm³/mol. The molecule has 1 N–H and O–H groups in total. The second-order valence-corrected chi connectivity index (χ2v) is 4.81. The minimum absolute atomic E-state index is 0.126. The fourth-order valence-electron chi connectivity index (χ4n) is 2.10. The van der Waals surface area contributed by atoms with E-state index in [1.807, 2.05) is 0 Å². The van der Waals surface area contributed by atoms with Crippen LogP contribution in [-0.2, 0) is 11.3 Å². The van der Waals surface area contributed by atoms with Crippen molar-refractivity contribution in [3.63, 3.8) is 0 Å². The molecule has 2 rings (SSSR count). The van der Waals surface area contributed by atoms with Gasteiger partial charge in [0.1, 0.15) is 0 Å². The smallest absolute Gasteiger partial charge is 0.269 e. The van der Waals surface area contributed by atoms with Crippen LogP contribution in [0.1, 0.15) is 5.56 Å². The van der Waals surface area contributed by atoms with Crippen LogP contribution >= 0.6 is 0 Å². The van der Waals surface area contributed by atoms with Gasteiger partial charge in [0.05, 0.1) is 17.6 Å². The lowest BCUT2D eigenvalue weighted by atomic mass is 10.2. The van der Waals surface area contributed by atoms with E-state index in [-0.39, 0.29) is 16.7 Å². The summed E-state index contributed by atoms with van der Waals surface area (Å²) in [6, 6.07) is 6.61. The molecule has 0 spiro atoms. The molecule has 1 aliphatic rings. The van der Waals surface area contributed by atoms with Crippen molar-refractivity contribution < 1.29 is 9.66 Å². The molecule has 0 saturated carbocycles. The number of nitro groups is 1. The maximum Gasteiger partial charge on any atom is 0.269 e. The minimum Gasteiger partial charge on any atom is -0.374 e. The third kappa shape index (κ3) is 4.27. The minimum atomic E-state index is -0.386. The maximum absolute atomic E-state index is 10.5. The fourth-order valence-corrected chi connectivity index (χ4v) is 2.10. The molecule has 0 radical (unpaired) electrons. The molecular weight excluding hydrogens is 246 g/mol. The number of benzene rings is 1. The summed E-state index contributed by atoms with van der Waals surface area (Å²) in [6.45, 7) is 4.19. The second-order valence-electron chi connectivity index (χ2n) is 4.81. The van der Waals surface area contributed by atoms with Gasteiger partial charge in [0.25, 0.3) is 5.69 Å². The summed E-state index contributed by atoms with van der Waals surface area (Å²) >= 11 is 0. The van der Waals surface area contributed by atoms with Crippen molar-refractivity contribution in [2.24, 2.45) is 0 Å². The van der Waals surface area contributed by atoms with Crippen molar-refractivity contribution in [2.45, 2.75) is 12.6 Å². The number of rotatable bonds is 5.